The van der Waals surface area contributed by atoms with Crippen molar-refractivity contribution in [1.29, 1.82) is 0 Å². The summed E-state index contributed by atoms with van der Waals surface area (Å²) in [6.45, 7) is 4.76. The van der Waals surface area contributed by atoms with Crippen LogP contribution in [0, 0.1) is 0 Å². The van der Waals surface area contributed by atoms with Gasteiger partial charge in [0.2, 0.25) is 0 Å². The van der Waals surface area contributed by atoms with Crippen molar-refractivity contribution in [2.24, 2.45) is 0 Å². The third-order valence-electron chi connectivity index (χ3n) is 14.8. The first-order chi connectivity index (χ1) is 32.0. The molecule has 11 aromatic rings. The molecule has 0 saturated heterocycles. The van der Waals surface area contributed by atoms with Gasteiger partial charge in [0.1, 0.15) is 0 Å². The Morgan fingerprint density at radius 2 is 0.954 bits per heavy atom. The van der Waals surface area contributed by atoms with E-state index in [4.69, 9.17) is 0 Å². The Hall–Kier alpha value is -7.59. The molecule has 3 heteroatoms. The minimum Gasteiger partial charge on any atom is -0.310 e. The van der Waals surface area contributed by atoms with Crippen molar-refractivity contribution in [3.05, 3.63) is 252 Å². The minimum atomic E-state index is -0.561. The maximum Gasteiger partial charge on any atom is 0.0736 e. The third-order valence-corrected chi connectivity index (χ3v) is 16.0. The van der Waals surface area contributed by atoms with Gasteiger partial charge < -0.3 is 9.47 Å². The Morgan fingerprint density at radius 1 is 0.385 bits per heavy atom. The number of anilines is 3. The Morgan fingerprint density at radius 3 is 1.80 bits per heavy atom. The maximum atomic E-state index is 2.53. The van der Waals surface area contributed by atoms with Gasteiger partial charge in [-0.15, -0.1) is 0 Å². The van der Waals surface area contributed by atoms with E-state index in [1.807, 2.05) is 11.8 Å². The van der Waals surface area contributed by atoms with Crippen LogP contribution < -0.4 is 4.90 Å². The number of hydrogen-bond acceptors (Lipinski definition) is 2. The minimum absolute atomic E-state index is 0.157. The lowest BCUT2D eigenvalue weighted by atomic mass is 9.59. The van der Waals surface area contributed by atoms with E-state index >= 15 is 0 Å². The van der Waals surface area contributed by atoms with E-state index in [1.165, 1.54) is 98.0 Å². The molecule has 0 radical (unpaired) electrons. The van der Waals surface area contributed by atoms with Crippen molar-refractivity contribution in [1.82, 2.24) is 4.57 Å². The second-order valence-electron chi connectivity index (χ2n) is 18.4. The summed E-state index contributed by atoms with van der Waals surface area (Å²) in [5.41, 5.74) is 19.5. The second kappa shape index (κ2) is 13.5. The number of benzene rings is 10. The first-order valence-corrected chi connectivity index (χ1v) is 23.5. The smallest absolute Gasteiger partial charge is 0.0736 e. The average molecular weight is 847 g/mol. The van der Waals surface area contributed by atoms with Crippen LogP contribution in [0.25, 0.3) is 60.5 Å². The summed E-state index contributed by atoms with van der Waals surface area (Å²) in [5.74, 6) is 0. The van der Waals surface area contributed by atoms with Crippen molar-refractivity contribution in [2.75, 3.05) is 4.90 Å². The van der Waals surface area contributed by atoms with E-state index in [9.17, 15) is 0 Å². The van der Waals surface area contributed by atoms with Gasteiger partial charge in [-0.05, 0) is 133 Å². The molecule has 0 bridgehead atoms. The lowest BCUT2D eigenvalue weighted by molar-refractivity contribution is 0.660. The van der Waals surface area contributed by atoms with Crippen LogP contribution in [0.5, 0.6) is 0 Å². The highest BCUT2D eigenvalue weighted by Gasteiger charge is 2.49. The van der Waals surface area contributed by atoms with E-state index in [1.54, 1.807) is 0 Å². The first-order valence-electron chi connectivity index (χ1n) is 22.7. The van der Waals surface area contributed by atoms with Crippen LogP contribution in [0.3, 0.4) is 0 Å². The highest BCUT2D eigenvalue weighted by atomic mass is 32.2. The van der Waals surface area contributed by atoms with Gasteiger partial charge in [0.05, 0.1) is 16.4 Å². The van der Waals surface area contributed by atoms with Crippen LogP contribution in [0.1, 0.15) is 47.2 Å². The Kier molecular flexibility index (Phi) is 7.63. The molecule has 1 aromatic heterocycles. The molecule has 1 aliphatic heterocycles. The number of aromatic nitrogens is 1. The van der Waals surface area contributed by atoms with Crippen LogP contribution in [-0.2, 0) is 10.8 Å². The topological polar surface area (TPSA) is 8.17 Å². The molecule has 0 saturated carbocycles. The van der Waals surface area contributed by atoms with Gasteiger partial charge in [-0.1, -0.05) is 177 Å². The van der Waals surface area contributed by atoms with E-state index in [0.29, 0.717) is 0 Å². The maximum absolute atomic E-state index is 2.53. The zero-order valence-electron chi connectivity index (χ0n) is 36.1. The lowest BCUT2D eigenvalue weighted by Crippen LogP contribution is -2.36. The molecule has 0 amide bonds. The number of fused-ring (bicyclic) bond motifs is 14. The van der Waals surface area contributed by atoms with Gasteiger partial charge in [-0.2, -0.15) is 0 Å². The lowest BCUT2D eigenvalue weighted by Gasteiger charge is -2.46. The van der Waals surface area contributed by atoms with Crippen LogP contribution in [-0.4, -0.2) is 4.57 Å². The Balaban J connectivity index is 1.07. The molecule has 2 aliphatic carbocycles. The Labute approximate surface area is 383 Å². The summed E-state index contributed by atoms with van der Waals surface area (Å²) in [6.07, 6.45) is 0. The highest BCUT2D eigenvalue weighted by molar-refractivity contribution is 7.99. The molecule has 0 fully saturated rings. The number of rotatable bonds is 4. The molecular weight excluding hydrogens is 805 g/mol. The number of para-hydroxylation sites is 2. The van der Waals surface area contributed by atoms with Crippen molar-refractivity contribution in [3.8, 4) is 27.9 Å². The van der Waals surface area contributed by atoms with E-state index in [0.717, 1.165) is 22.7 Å². The first kappa shape index (κ1) is 36.8. The predicted octanol–water partition coefficient (Wildman–Crippen LogP) is 16.5. The normalized spacial score (nSPS) is 16.0. The van der Waals surface area contributed by atoms with Gasteiger partial charge in [-0.3, -0.25) is 0 Å². The summed E-state index contributed by atoms with van der Waals surface area (Å²) in [7, 11) is 0. The standard InChI is InChI=1S/C62H42N2S/c1-61(2)50-24-9-6-20-44(50)46-33-30-41(36-54(46)61)63(43-31-34-48-47-22-8-12-28-56(47)64(57(48)38-43)40-18-4-3-5-19-40)42-32-35-59-55(37-42)62(52-26-11-13-29-58(52)65-59)51-25-10-7-21-45(51)49-23-14-16-39-17-15-27-53(62)60(39)49/h3-38H,1-2H3. The fourth-order valence-electron chi connectivity index (χ4n) is 12.0. The molecule has 3 aliphatic rings. The van der Waals surface area contributed by atoms with Crippen LogP contribution in [0.2, 0.25) is 0 Å². The quantitative estimate of drug-likeness (QED) is 0.174. The second-order valence-corrected chi connectivity index (χ2v) is 19.5. The van der Waals surface area contributed by atoms with Crippen molar-refractivity contribution in [3.63, 3.8) is 0 Å². The molecule has 10 aromatic carbocycles. The summed E-state index contributed by atoms with van der Waals surface area (Å²) < 4.78 is 2.43. The van der Waals surface area contributed by atoms with E-state index in [2.05, 4.69) is 242 Å². The fourth-order valence-corrected chi connectivity index (χ4v) is 13.2. The molecule has 306 valence electrons. The summed E-state index contributed by atoms with van der Waals surface area (Å²) in [5, 5.41) is 5.09. The summed E-state index contributed by atoms with van der Waals surface area (Å²) in [4.78, 5) is 5.10. The zero-order chi connectivity index (χ0) is 43.0. The van der Waals surface area contributed by atoms with Crippen molar-refractivity contribution >= 4 is 61.4 Å². The van der Waals surface area contributed by atoms with Gasteiger partial charge in [0.15, 0.2) is 0 Å². The molecule has 2 heterocycles. The third kappa shape index (κ3) is 4.96. The Bertz CT molecular complexity index is 3800. The van der Waals surface area contributed by atoms with Gasteiger partial charge in [0, 0.05) is 48.7 Å². The van der Waals surface area contributed by atoms with E-state index in [-0.39, 0.29) is 5.41 Å². The van der Waals surface area contributed by atoms with Crippen molar-refractivity contribution in [2.45, 2.75) is 34.5 Å². The fraction of sp³-hybridized carbons (Fsp3) is 0.0645. The van der Waals surface area contributed by atoms with Crippen molar-refractivity contribution < 1.29 is 0 Å². The number of nitrogens with zero attached hydrogens (tertiary/aromatic N) is 2. The monoisotopic (exact) mass is 846 g/mol. The summed E-state index contributed by atoms with van der Waals surface area (Å²) >= 11 is 1.90. The average Bonchev–Trinajstić information content (AvgIpc) is 3.80. The highest BCUT2D eigenvalue weighted by Crippen LogP contribution is 2.62. The van der Waals surface area contributed by atoms with Gasteiger partial charge in [-0.25, -0.2) is 0 Å². The van der Waals surface area contributed by atoms with Gasteiger partial charge >= 0.3 is 0 Å². The van der Waals surface area contributed by atoms with Crippen LogP contribution >= 0.6 is 11.8 Å². The van der Waals surface area contributed by atoms with E-state index < -0.39 is 5.41 Å². The largest absolute Gasteiger partial charge is 0.310 e. The molecule has 0 N–H and O–H groups in total. The predicted molar refractivity (Wildman–Crippen MR) is 272 cm³/mol. The molecule has 14 rings (SSSR count). The molecule has 1 atom stereocenters. The van der Waals surface area contributed by atoms with Crippen LogP contribution in [0.15, 0.2) is 228 Å². The SMILES string of the molecule is CC1(C)c2ccccc2-c2ccc(N(c3ccc4c(c3)C3(c5ccccc5S4)c4ccccc4-c4cccc5cccc3c45)c3ccc4c5ccccc5n(-c5ccccc5)c4c3)cc21. The van der Waals surface area contributed by atoms with Gasteiger partial charge in [0.25, 0.3) is 0 Å². The molecule has 65 heavy (non-hydrogen) atoms. The summed E-state index contributed by atoms with van der Waals surface area (Å²) in [6, 6.07) is 82.2. The molecular formula is C62H42N2S. The number of hydrogen-bond donors (Lipinski definition) is 0. The molecule has 2 nitrogen and oxygen atoms in total. The molecule has 1 unspecified atom stereocenters. The van der Waals surface area contributed by atoms with Crippen LogP contribution in [0.4, 0.5) is 17.1 Å². The molecule has 1 spiro atoms. The zero-order valence-corrected chi connectivity index (χ0v) is 36.9.